The molecule has 1 saturated heterocycles. The first-order valence-electron chi connectivity index (χ1n) is 5.76. The van der Waals surface area contributed by atoms with Gasteiger partial charge in [0.1, 0.15) is 24.4 Å². The van der Waals surface area contributed by atoms with Gasteiger partial charge in [-0.2, -0.15) is 0 Å². The van der Waals surface area contributed by atoms with Gasteiger partial charge in [-0.1, -0.05) is 0 Å². The normalized spacial score (nSPS) is 38.7. The summed E-state index contributed by atoms with van der Waals surface area (Å²) < 4.78 is 9.97. The van der Waals surface area contributed by atoms with Crippen LogP contribution in [-0.4, -0.2) is 80.8 Å². The molecule has 0 bridgehead atoms. The second-order valence-electron chi connectivity index (χ2n) is 4.15. The molecule has 1 aliphatic heterocycles. The van der Waals surface area contributed by atoms with E-state index in [-0.39, 0.29) is 13.0 Å². The lowest BCUT2D eigenvalue weighted by molar-refractivity contribution is -0.332. The number of aliphatic hydroxyl groups is 6. The van der Waals surface area contributed by atoms with E-state index in [1.807, 2.05) is 0 Å². The Morgan fingerprint density at radius 1 is 1.06 bits per heavy atom. The fraction of sp³-hybridized carbons (Fsp3) is 1.00. The fourth-order valence-electron chi connectivity index (χ4n) is 1.67. The number of ether oxygens (including phenoxy) is 2. The molecule has 1 rings (SSSR count). The van der Waals surface area contributed by atoms with E-state index in [0.29, 0.717) is 6.42 Å². The zero-order valence-corrected chi connectivity index (χ0v) is 9.79. The van der Waals surface area contributed by atoms with Crippen LogP contribution in [0.15, 0.2) is 0 Å². The van der Waals surface area contributed by atoms with E-state index < -0.39 is 43.6 Å². The van der Waals surface area contributed by atoms with Gasteiger partial charge < -0.3 is 40.1 Å². The summed E-state index contributed by atoms with van der Waals surface area (Å²) in [6, 6.07) is 0. The molecule has 1 aliphatic rings. The first kappa shape index (κ1) is 15.7. The fourth-order valence-corrected chi connectivity index (χ4v) is 1.67. The van der Waals surface area contributed by atoms with E-state index in [4.69, 9.17) is 19.7 Å². The van der Waals surface area contributed by atoms with Gasteiger partial charge in [0, 0.05) is 13.0 Å². The standard InChI is InChI=1S/C10H20O8/c11-3-1-2-6(13)18-10-9(16)8(15)7(14)5(4-12)17-10/h5-16H,1-4H2/t5-,6?,7-,8+,9-,10+/m1/s1. The van der Waals surface area contributed by atoms with Crippen LogP contribution in [0.2, 0.25) is 0 Å². The molecule has 0 aliphatic carbocycles. The van der Waals surface area contributed by atoms with Crippen LogP contribution in [0.25, 0.3) is 0 Å². The summed E-state index contributed by atoms with van der Waals surface area (Å²) in [6.07, 6.45) is -7.80. The lowest BCUT2D eigenvalue weighted by Gasteiger charge is -2.40. The minimum atomic E-state index is -1.54. The first-order valence-corrected chi connectivity index (χ1v) is 5.76. The molecule has 0 spiro atoms. The molecule has 8 heteroatoms. The van der Waals surface area contributed by atoms with Gasteiger partial charge in [-0.3, -0.25) is 0 Å². The summed E-state index contributed by atoms with van der Waals surface area (Å²) >= 11 is 0. The summed E-state index contributed by atoms with van der Waals surface area (Å²) in [5.41, 5.74) is 0. The van der Waals surface area contributed by atoms with E-state index in [1.54, 1.807) is 0 Å². The largest absolute Gasteiger partial charge is 0.396 e. The van der Waals surface area contributed by atoms with Gasteiger partial charge in [0.2, 0.25) is 0 Å². The van der Waals surface area contributed by atoms with E-state index in [9.17, 15) is 20.4 Å². The predicted molar refractivity (Wildman–Crippen MR) is 57.2 cm³/mol. The third-order valence-electron chi connectivity index (χ3n) is 2.75. The van der Waals surface area contributed by atoms with Crippen LogP contribution in [0.5, 0.6) is 0 Å². The van der Waals surface area contributed by atoms with Crippen molar-refractivity contribution in [3.05, 3.63) is 0 Å². The quantitative estimate of drug-likeness (QED) is 0.278. The summed E-state index contributed by atoms with van der Waals surface area (Å²) in [7, 11) is 0. The molecule has 6 N–H and O–H groups in total. The molecule has 18 heavy (non-hydrogen) atoms. The lowest BCUT2D eigenvalue weighted by Crippen LogP contribution is -2.59. The van der Waals surface area contributed by atoms with Crippen molar-refractivity contribution < 1.29 is 40.1 Å². The van der Waals surface area contributed by atoms with Crippen molar-refractivity contribution in [3.63, 3.8) is 0 Å². The molecule has 0 saturated carbocycles. The summed E-state index contributed by atoms with van der Waals surface area (Å²) in [6.45, 7) is -0.674. The number of hydrogen-bond acceptors (Lipinski definition) is 8. The topological polar surface area (TPSA) is 140 Å². The average Bonchev–Trinajstić information content (AvgIpc) is 2.37. The maximum Gasteiger partial charge on any atom is 0.189 e. The van der Waals surface area contributed by atoms with Crippen molar-refractivity contribution in [1.29, 1.82) is 0 Å². The Bertz CT molecular complexity index is 236. The zero-order chi connectivity index (χ0) is 13.7. The molecule has 6 atom stereocenters. The number of hydrogen-bond donors (Lipinski definition) is 6. The molecule has 0 aromatic heterocycles. The van der Waals surface area contributed by atoms with Crippen molar-refractivity contribution in [2.75, 3.05) is 13.2 Å². The van der Waals surface area contributed by atoms with E-state index >= 15 is 0 Å². The highest BCUT2D eigenvalue weighted by Crippen LogP contribution is 2.23. The Balaban J connectivity index is 2.53. The Morgan fingerprint density at radius 3 is 2.28 bits per heavy atom. The molecule has 0 radical (unpaired) electrons. The van der Waals surface area contributed by atoms with Crippen LogP contribution >= 0.6 is 0 Å². The van der Waals surface area contributed by atoms with E-state index in [2.05, 4.69) is 0 Å². The minimum Gasteiger partial charge on any atom is -0.396 e. The van der Waals surface area contributed by atoms with Gasteiger partial charge in [-0.25, -0.2) is 0 Å². The van der Waals surface area contributed by atoms with Crippen LogP contribution in [-0.2, 0) is 9.47 Å². The second-order valence-corrected chi connectivity index (χ2v) is 4.15. The average molecular weight is 268 g/mol. The summed E-state index contributed by atoms with van der Waals surface area (Å²) in [5, 5.41) is 55.5. The highest BCUT2D eigenvalue weighted by Gasteiger charge is 2.44. The molecule has 0 amide bonds. The van der Waals surface area contributed by atoms with Crippen LogP contribution in [0.4, 0.5) is 0 Å². The van der Waals surface area contributed by atoms with Gasteiger partial charge in [0.15, 0.2) is 12.6 Å². The summed E-state index contributed by atoms with van der Waals surface area (Å²) in [5.74, 6) is 0. The van der Waals surface area contributed by atoms with Gasteiger partial charge in [-0.15, -0.1) is 0 Å². The van der Waals surface area contributed by atoms with Crippen LogP contribution in [0.3, 0.4) is 0 Å². The van der Waals surface area contributed by atoms with Gasteiger partial charge in [0.05, 0.1) is 6.61 Å². The molecule has 0 aromatic carbocycles. The molecular weight excluding hydrogens is 248 g/mol. The third-order valence-corrected chi connectivity index (χ3v) is 2.75. The van der Waals surface area contributed by atoms with Gasteiger partial charge >= 0.3 is 0 Å². The monoisotopic (exact) mass is 268 g/mol. The molecule has 1 unspecified atom stereocenters. The first-order chi connectivity index (χ1) is 8.51. The molecule has 1 fully saturated rings. The number of aliphatic hydroxyl groups excluding tert-OH is 6. The van der Waals surface area contributed by atoms with Crippen molar-refractivity contribution in [2.24, 2.45) is 0 Å². The minimum absolute atomic E-state index is 0.116. The molecule has 108 valence electrons. The number of rotatable bonds is 6. The Morgan fingerprint density at radius 2 is 1.72 bits per heavy atom. The van der Waals surface area contributed by atoms with Gasteiger partial charge in [0.25, 0.3) is 0 Å². The maximum absolute atomic E-state index is 9.59. The van der Waals surface area contributed by atoms with Crippen molar-refractivity contribution >= 4 is 0 Å². The van der Waals surface area contributed by atoms with Crippen LogP contribution in [0, 0.1) is 0 Å². The van der Waals surface area contributed by atoms with Crippen molar-refractivity contribution in [2.45, 2.75) is 49.8 Å². The molecular formula is C10H20O8. The maximum atomic E-state index is 9.59. The zero-order valence-electron chi connectivity index (χ0n) is 9.79. The van der Waals surface area contributed by atoms with Crippen molar-refractivity contribution in [1.82, 2.24) is 0 Å². The van der Waals surface area contributed by atoms with E-state index in [0.717, 1.165) is 0 Å². The highest BCUT2D eigenvalue weighted by molar-refractivity contribution is 4.88. The Kier molecular flexibility index (Phi) is 6.39. The van der Waals surface area contributed by atoms with Gasteiger partial charge in [-0.05, 0) is 6.42 Å². The molecule has 1 heterocycles. The highest BCUT2D eigenvalue weighted by atomic mass is 16.7. The van der Waals surface area contributed by atoms with Crippen LogP contribution < -0.4 is 0 Å². The van der Waals surface area contributed by atoms with E-state index in [1.165, 1.54) is 0 Å². The lowest BCUT2D eigenvalue weighted by atomic mass is 9.99. The summed E-state index contributed by atoms with van der Waals surface area (Å²) in [4.78, 5) is 0. The SMILES string of the molecule is OCCCC(O)O[C@@H]1O[C@H](CO)[C@@H](O)[C@H](O)[C@H]1O. The third kappa shape index (κ3) is 3.84. The van der Waals surface area contributed by atoms with Crippen LogP contribution in [0.1, 0.15) is 12.8 Å². The Hall–Kier alpha value is -0.320. The molecule has 8 nitrogen and oxygen atoms in total. The Labute approximate surface area is 104 Å². The second kappa shape index (κ2) is 7.31. The smallest absolute Gasteiger partial charge is 0.189 e. The predicted octanol–water partition coefficient (Wildman–Crippen LogP) is -3.11. The molecule has 0 aromatic rings. The van der Waals surface area contributed by atoms with Crippen molar-refractivity contribution in [3.8, 4) is 0 Å².